The van der Waals surface area contributed by atoms with Crippen molar-refractivity contribution < 1.29 is 22.6 Å². The van der Waals surface area contributed by atoms with Crippen molar-refractivity contribution in [1.82, 2.24) is 9.21 Å². The zero-order valence-corrected chi connectivity index (χ0v) is 19.8. The number of sulfonamides is 1. The molecule has 2 heterocycles. The molecule has 3 aromatic carbocycles. The Balaban J connectivity index is 1.43. The fraction of sp³-hybridized carbons (Fsp3) is 0.240. The normalized spacial score (nSPS) is 15.9. The van der Waals surface area contributed by atoms with E-state index in [0.29, 0.717) is 49.2 Å². The van der Waals surface area contributed by atoms with Gasteiger partial charge in [-0.25, -0.2) is 13.4 Å². The number of nitrogens with zero attached hydrogens (tertiary/aromatic N) is 3. The highest BCUT2D eigenvalue weighted by atomic mass is 32.2. The number of methoxy groups -OCH3 is 2. The van der Waals surface area contributed by atoms with Crippen LogP contribution in [0.5, 0.6) is 23.0 Å². The largest absolute Gasteiger partial charge is 0.497 e. The molecule has 0 unspecified atom stereocenters. The highest BCUT2D eigenvalue weighted by Gasteiger charge is 2.31. The van der Waals surface area contributed by atoms with Crippen molar-refractivity contribution in [2.75, 3.05) is 40.4 Å². The number of benzene rings is 3. The molecular weight excluding hydrogens is 454 g/mol. The van der Waals surface area contributed by atoms with Crippen molar-refractivity contribution in [3.63, 3.8) is 0 Å². The summed E-state index contributed by atoms with van der Waals surface area (Å²) in [5.41, 5.74) is 1.53. The quantitative estimate of drug-likeness (QED) is 0.565. The van der Waals surface area contributed by atoms with Gasteiger partial charge in [0, 0.05) is 26.2 Å². The van der Waals surface area contributed by atoms with E-state index in [9.17, 15) is 8.42 Å². The van der Waals surface area contributed by atoms with Gasteiger partial charge in [-0.3, -0.25) is 0 Å². The fourth-order valence-electron chi connectivity index (χ4n) is 4.11. The van der Waals surface area contributed by atoms with Gasteiger partial charge in [0.2, 0.25) is 10.0 Å². The van der Waals surface area contributed by atoms with E-state index >= 15 is 0 Å². The van der Waals surface area contributed by atoms with Crippen LogP contribution in [0.1, 0.15) is 5.56 Å². The Morgan fingerprint density at radius 3 is 2.21 bits per heavy atom. The lowest BCUT2D eigenvalue weighted by Gasteiger charge is -2.36. The van der Waals surface area contributed by atoms with Gasteiger partial charge in [0.05, 0.1) is 24.7 Å². The first kappa shape index (κ1) is 22.2. The molecule has 0 atom stereocenters. The number of hydrogen-bond donors (Lipinski definition) is 0. The standard InChI is InChI=1S/C25H25N3O5S/c1-31-18-7-10-20(11-8-18)34(29,30)28-15-13-27(14-16-28)25-21-17-19(32-2)9-12-23(21)33-24-6-4-3-5-22(24)26-25/h3-12,17H,13-16H2,1-2H3. The third kappa shape index (κ3) is 4.08. The summed E-state index contributed by atoms with van der Waals surface area (Å²) in [5.74, 6) is 3.40. The van der Waals surface area contributed by atoms with Crippen LogP contribution < -0.4 is 14.2 Å². The van der Waals surface area contributed by atoms with Gasteiger partial charge < -0.3 is 19.1 Å². The van der Waals surface area contributed by atoms with Crippen LogP contribution >= 0.6 is 0 Å². The second kappa shape index (κ2) is 9.00. The van der Waals surface area contributed by atoms with E-state index in [1.54, 1.807) is 38.5 Å². The molecule has 5 rings (SSSR count). The molecule has 0 radical (unpaired) electrons. The van der Waals surface area contributed by atoms with E-state index in [-0.39, 0.29) is 4.90 Å². The second-order valence-corrected chi connectivity index (χ2v) is 9.87. The summed E-state index contributed by atoms with van der Waals surface area (Å²) in [4.78, 5) is 7.28. The number of para-hydroxylation sites is 2. The smallest absolute Gasteiger partial charge is 0.243 e. The number of fused-ring (bicyclic) bond motifs is 2. The molecule has 0 saturated carbocycles. The monoisotopic (exact) mass is 479 g/mol. The zero-order chi connectivity index (χ0) is 23.7. The van der Waals surface area contributed by atoms with Crippen molar-refractivity contribution >= 4 is 21.5 Å². The number of amidine groups is 1. The zero-order valence-electron chi connectivity index (χ0n) is 19.0. The van der Waals surface area contributed by atoms with Crippen LogP contribution in [0.3, 0.4) is 0 Å². The van der Waals surface area contributed by atoms with Gasteiger partial charge >= 0.3 is 0 Å². The first-order chi connectivity index (χ1) is 16.5. The van der Waals surface area contributed by atoms with Crippen LogP contribution in [-0.2, 0) is 10.0 Å². The molecule has 1 saturated heterocycles. The van der Waals surface area contributed by atoms with Crippen LogP contribution in [0.25, 0.3) is 0 Å². The van der Waals surface area contributed by atoms with E-state index in [4.69, 9.17) is 19.2 Å². The summed E-state index contributed by atoms with van der Waals surface area (Å²) in [6, 6.07) is 19.7. The molecule has 9 heteroatoms. The van der Waals surface area contributed by atoms with Crippen LogP contribution in [-0.4, -0.2) is 63.9 Å². The molecule has 34 heavy (non-hydrogen) atoms. The summed E-state index contributed by atoms with van der Waals surface area (Å²) in [5, 5.41) is 0. The molecule has 0 spiro atoms. The van der Waals surface area contributed by atoms with Crippen molar-refractivity contribution in [2.45, 2.75) is 4.90 Å². The van der Waals surface area contributed by atoms with Crippen molar-refractivity contribution in [3.8, 4) is 23.0 Å². The molecular formula is C25H25N3O5S. The number of rotatable bonds is 4. The van der Waals surface area contributed by atoms with Crippen LogP contribution in [0.4, 0.5) is 5.69 Å². The summed E-state index contributed by atoms with van der Waals surface area (Å²) < 4.78 is 44.6. The molecule has 176 valence electrons. The van der Waals surface area contributed by atoms with Crippen molar-refractivity contribution in [3.05, 3.63) is 72.3 Å². The van der Waals surface area contributed by atoms with E-state index in [0.717, 1.165) is 17.1 Å². The fourth-order valence-corrected chi connectivity index (χ4v) is 5.53. The first-order valence-corrected chi connectivity index (χ1v) is 12.4. The Labute approximate surface area is 199 Å². The minimum Gasteiger partial charge on any atom is -0.497 e. The van der Waals surface area contributed by atoms with Gasteiger partial charge in [0.25, 0.3) is 0 Å². The van der Waals surface area contributed by atoms with Crippen molar-refractivity contribution in [1.29, 1.82) is 0 Å². The van der Waals surface area contributed by atoms with Gasteiger partial charge in [-0.1, -0.05) is 12.1 Å². The molecule has 3 aromatic rings. The third-order valence-corrected chi connectivity index (χ3v) is 7.89. The Morgan fingerprint density at radius 2 is 1.50 bits per heavy atom. The summed E-state index contributed by atoms with van der Waals surface area (Å²) in [7, 11) is -0.431. The summed E-state index contributed by atoms with van der Waals surface area (Å²) >= 11 is 0. The average molecular weight is 480 g/mol. The van der Waals surface area contributed by atoms with Gasteiger partial charge in [0.15, 0.2) is 5.75 Å². The number of aliphatic imine (C=N–C) groups is 1. The van der Waals surface area contributed by atoms with Gasteiger partial charge in [0.1, 0.15) is 28.8 Å². The minimum atomic E-state index is -3.60. The molecule has 8 nitrogen and oxygen atoms in total. The summed E-state index contributed by atoms with van der Waals surface area (Å²) in [6.07, 6.45) is 0. The average Bonchev–Trinajstić information content (AvgIpc) is 3.05. The molecule has 2 aliphatic heterocycles. The lowest BCUT2D eigenvalue weighted by Crippen LogP contribution is -2.50. The third-order valence-electron chi connectivity index (χ3n) is 5.97. The second-order valence-electron chi connectivity index (χ2n) is 7.93. The van der Waals surface area contributed by atoms with Gasteiger partial charge in [-0.15, -0.1) is 0 Å². The predicted octanol–water partition coefficient (Wildman–Crippen LogP) is 3.89. The van der Waals surface area contributed by atoms with Crippen LogP contribution in [0, 0.1) is 0 Å². The van der Waals surface area contributed by atoms with E-state index in [1.165, 1.54) is 4.31 Å². The lowest BCUT2D eigenvalue weighted by atomic mass is 10.1. The Kier molecular flexibility index (Phi) is 5.89. The maximum atomic E-state index is 13.2. The molecule has 0 aromatic heterocycles. The maximum Gasteiger partial charge on any atom is 0.243 e. The van der Waals surface area contributed by atoms with E-state index in [2.05, 4.69) is 4.90 Å². The highest BCUT2D eigenvalue weighted by Crippen LogP contribution is 2.39. The van der Waals surface area contributed by atoms with E-state index in [1.807, 2.05) is 42.5 Å². The van der Waals surface area contributed by atoms with E-state index < -0.39 is 10.0 Å². The molecule has 0 N–H and O–H groups in total. The first-order valence-electron chi connectivity index (χ1n) is 10.9. The molecule has 0 aliphatic carbocycles. The van der Waals surface area contributed by atoms with Crippen LogP contribution in [0.2, 0.25) is 0 Å². The summed E-state index contributed by atoms with van der Waals surface area (Å²) in [6.45, 7) is 1.67. The Morgan fingerprint density at radius 1 is 0.824 bits per heavy atom. The van der Waals surface area contributed by atoms with Gasteiger partial charge in [-0.2, -0.15) is 4.31 Å². The van der Waals surface area contributed by atoms with Crippen molar-refractivity contribution in [2.24, 2.45) is 4.99 Å². The molecule has 0 amide bonds. The molecule has 1 fully saturated rings. The number of piperazine rings is 1. The predicted molar refractivity (Wildman–Crippen MR) is 129 cm³/mol. The number of hydrogen-bond acceptors (Lipinski definition) is 7. The number of ether oxygens (including phenoxy) is 3. The van der Waals surface area contributed by atoms with Gasteiger partial charge in [-0.05, 0) is 54.6 Å². The SMILES string of the molecule is COc1ccc(S(=O)(=O)N2CCN(C3=Nc4ccccc4Oc4ccc(OC)cc43)CC2)cc1. The Hall–Kier alpha value is -3.56. The Bertz CT molecular complexity index is 1330. The highest BCUT2D eigenvalue weighted by molar-refractivity contribution is 7.89. The molecule has 2 aliphatic rings. The lowest BCUT2D eigenvalue weighted by molar-refractivity contribution is 0.266. The molecule has 0 bridgehead atoms. The maximum absolute atomic E-state index is 13.2. The minimum absolute atomic E-state index is 0.256. The van der Waals surface area contributed by atoms with Crippen LogP contribution in [0.15, 0.2) is 76.6 Å². The topological polar surface area (TPSA) is 80.7 Å².